The molecular weight excluding hydrogens is 500 g/mol. The molecule has 0 heterocycles. The predicted octanol–water partition coefficient (Wildman–Crippen LogP) is 1.97. The number of benzene rings is 2. The average molecular weight is 541 g/mol. The first-order chi connectivity index (χ1) is 18.5. The number of carboxylic acids is 1. The van der Waals surface area contributed by atoms with Crippen LogP contribution in [0.4, 0.5) is 0 Å². The molecule has 2 aromatic rings. The molecule has 0 saturated heterocycles. The number of rotatable bonds is 15. The maximum Gasteiger partial charge on any atom is 0.326 e. The lowest BCUT2D eigenvalue weighted by molar-refractivity contribution is -0.153. The van der Waals surface area contributed by atoms with E-state index in [1.807, 2.05) is 13.8 Å². The van der Waals surface area contributed by atoms with Gasteiger partial charge in [-0.3, -0.25) is 19.3 Å². The Hall–Kier alpha value is -3.76. The van der Waals surface area contributed by atoms with Crippen molar-refractivity contribution in [3.63, 3.8) is 0 Å². The Bertz CT molecular complexity index is 1090. The summed E-state index contributed by atoms with van der Waals surface area (Å²) in [5.41, 5.74) is 13.2. The summed E-state index contributed by atoms with van der Waals surface area (Å²) in [6.07, 6.45) is 1.17. The third-order valence-electron chi connectivity index (χ3n) is 6.27. The highest BCUT2D eigenvalue weighted by Crippen LogP contribution is 2.18. The molecule has 0 bridgehead atoms. The van der Waals surface area contributed by atoms with Gasteiger partial charge in [0, 0.05) is 12.8 Å². The Morgan fingerprint density at radius 1 is 0.923 bits per heavy atom. The molecule has 0 radical (unpaired) electrons. The molecule has 0 aliphatic rings. The lowest BCUT2D eigenvalue weighted by Gasteiger charge is -2.32. The van der Waals surface area contributed by atoms with E-state index in [1.165, 1.54) is 12.1 Å². The average Bonchev–Trinajstić information content (AvgIpc) is 2.89. The van der Waals surface area contributed by atoms with E-state index < -0.39 is 41.8 Å². The molecule has 0 aliphatic heterocycles. The van der Waals surface area contributed by atoms with Crippen molar-refractivity contribution in [2.45, 2.75) is 70.5 Å². The van der Waals surface area contributed by atoms with Gasteiger partial charge in [0.25, 0.3) is 0 Å². The van der Waals surface area contributed by atoms with Crippen LogP contribution in [0.5, 0.6) is 5.75 Å². The van der Waals surface area contributed by atoms with Crippen LogP contribution < -0.4 is 16.8 Å². The zero-order chi connectivity index (χ0) is 28.9. The Balaban J connectivity index is 2.45. The number of nitrogens with two attached hydrogens (primary N) is 2. The fraction of sp³-hybridized carbons (Fsp3) is 0.448. The molecule has 212 valence electrons. The fourth-order valence-corrected chi connectivity index (χ4v) is 4.24. The van der Waals surface area contributed by atoms with Crippen LogP contribution in [0.25, 0.3) is 0 Å². The lowest BCUT2D eigenvalue weighted by atomic mass is 9.98. The van der Waals surface area contributed by atoms with E-state index in [0.717, 1.165) is 4.90 Å². The zero-order valence-electron chi connectivity index (χ0n) is 22.6. The maximum atomic E-state index is 13.7. The second-order valence-corrected chi connectivity index (χ2v) is 10.1. The molecular formula is C29H40N4O6. The second-order valence-electron chi connectivity index (χ2n) is 10.1. The topological polar surface area (TPSA) is 176 Å². The van der Waals surface area contributed by atoms with Gasteiger partial charge in [0.2, 0.25) is 17.7 Å². The SMILES string of the molecule is CC(C)C[C@H](NC(=O)[C@H](Cc1ccccc1)N(C(=O)CCCCN)C(=O)[C@@H](N)Cc1ccc(O)cc1)C(=O)O. The second kappa shape index (κ2) is 15.6. The number of unbranched alkanes of at least 4 members (excludes halogenated alkanes) is 1. The lowest BCUT2D eigenvalue weighted by Crippen LogP contribution is -2.59. The predicted molar refractivity (Wildman–Crippen MR) is 148 cm³/mol. The van der Waals surface area contributed by atoms with Crippen molar-refractivity contribution in [3.05, 3.63) is 65.7 Å². The minimum Gasteiger partial charge on any atom is -0.508 e. The number of imide groups is 1. The Kier molecular flexibility index (Phi) is 12.6. The van der Waals surface area contributed by atoms with Gasteiger partial charge >= 0.3 is 5.97 Å². The van der Waals surface area contributed by atoms with Gasteiger partial charge in [-0.15, -0.1) is 0 Å². The number of aliphatic carboxylic acids is 1. The summed E-state index contributed by atoms with van der Waals surface area (Å²) in [6, 6.07) is 11.4. The Labute approximate surface area is 229 Å². The first-order valence-corrected chi connectivity index (χ1v) is 13.2. The number of aromatic hydroxyl groups is 1. The quantitative estimate of drug-likeness (QED) is 0.213. The number of amides is 3. The number of carbonyl (C=O) groups excluding carboxylic acids is 3. The first kappa shape index (κ1) is 31.5. The van der Waals surface area contributed by atoms with Crippen LogP contribution in [-0.4, -0.2) is 63.5 Å². The smallest absolute Gasteiger partial charge is 0.326 e. The highest BCUT2D eigenvalue weighted by molar-refractivity contribution is 6.03. The molecule has 2 rings (SSSR count). The summed E-state index contributed by atoms with van der Waals surface area (Å²) in [7, 11) is 0. The molecule has 10 heteroatoms. The summed E-state index contributed by atoms with van der Waals surface area (Å²) in [5, 5.41) is 21.8. The van der Waals surface area contributed by atoms with Gasteiger partial charge in [0.05, 0.1) is 6.04 Å². The van der Waals surface area contributed by atoms with Crippen LogP contribution >= 0.6 is 0 Å². The van der Waals surface area contributed by atoms with Gasteiger partial charge in [-0.2, -0.15) is 0 Å². The van der Waals surface area contributed by atoms with E-state index in [4.69, 9.17) is 11.5 Å². The molecule has 0 aromatic heterocycles. The van der Waals surface area contributed by atoms with Crippen molar-refractivity contribution in [2.75, 3.05) is 6.54 Å². The molecule has 0 fully saturated rings. The number of phenols is 1. The Morgan fingerprint density at radius 3 is 2.10 bits per heavy atom. The number of hydrogen-bond acceptors (Lipinski definition) is 7. The first-order valence-electron chi connectivity index (χ1n) is 13.2. The summed E-state index contributed by atoms with van der Waals surface area (Å²) in [4.78, 5) is 53.6. The largest absolute Gasteiger partial charge is 0.508 e. The highest BCUT2D eigenvalue weighted by Gasteiger charge is 2.38. The van der Waals surface area contributed by atoms with Gasteiger partial charge < -0.3 is 27.0 Å². The molecule has 0 unspecified atom stereocenters. The van der Waals surface area contributed by atoms with Crippen molar-refractivity contribution >= 4 is 23.7 Å². The normalized spacial score (nSPS) is 13.4. The van der Waals surface area contributed by atoms with Crippen molar-refractivity contribution in [1.29, 1.82) is 0 Å². The molecule has 0 spiro atoms. The van der Waals surface area contributed by atoms with Crippen LogP contribution in [-0.2, 0) is 32.0 Å². The standard InChI is InChI=1S/C29H40N4O6/c1-19(2)16-24(29(38)39)32-27(36)25(18-20-8-4-3-5-9-20)33(26(35)10-6-7-15-30)28(37)23(31)17-21-11-13-22(34)14-12-21/h3-5,8-9,11-14,19,23-25,34H,6-7,10,15-18,30-31H2,1-2H3,(H,32,36)(H,38,39)/t23-,24-,25-/m0/s1. The van der Waals surface area contributed by atoms with Gasteiger partial charge in [0.1, 0.15) is 17.8 Å². The highest BCUT2D eigenvalue weighted by atomic mass is 16.4. The number of hydrogen-bond donors (Lipinski definition) is 5. The molecule has 39 heavy (non-hydrogen) atoms. The van der Waals surface area contributed by atoms with E-state index >= 15 is 0 Å². The van der Waals surface area contributed by atoms with E-state index in [1.54, 1.807) is 42.5 Å². The van der Waals surface area contributed by atoms with Gasteiger partial charge in [-0.25, -0.2) is 4.79 Å². The van der Waals surface area contributed by atoms with E-state index in [0.29, 0.717) is 30.5 Å². The summed E-state index contributed by atoms with van der Waals surface area (Å²) in [5.74, 6) is -3.23. The maximum absolute atomic E-state index is 13.7. The van der Waals surface area contributed by atoms with Crippen LogP contribution in [0.15, 0.2) is 54.6 Å². The number of carbonyl (C=O) groups is 4. The molecule has 10 nitrogen and oxygen atoms in total. The van der Waals surface area contributed by atoms with Crippen LogP contribution in [0.1, 0.15) is 50.7 Å². The number of nitrogens with zero attached hydrogens (tertiary/aromatic N) is 1. The molecule has 3 amide bonds. The van der Waals surface area contributed by atoms with E-state index in [-0.39, 0.29) is 37.4 Å². The van der Waals surface area contributed by atoms with Crippen molar-refractivity contribution in [3.8, 4) is 5.75 Å². The molecule has 7 N–H and O–H groups in total. The van der Waals surface area contributed by atoms with Gasteiger partial charge in [-0.1, -0.05) is 56.3 Å². The summed E-state index contributed by atoms with van der Waals surface area (Å²) in [6.45, 7) is 4.04. The summed E-state index contributed by atoms with van der Waals surface area (Å²) >= 11 is 0. The molecule has 0 aliphatic carbocycles. The van der Waals surface area contributed by atoms with Crippen molar-refractivity contribution < 1.29 is 29.4 Å². The van der Waals surface area contributed by atoms with E-state index in [2.05, 4.69) is 5.32 Å². The zero-order valence-corrected chi connectivity index (χ0v) is 22.6. The van der Waals surface area contributed by atoms with E-state index in [9.17, 15) is 29.4 Å². The molecule has 0 saturated carbocycles. The Morgan fingerprint density at radius 2 is 1.54 bits per heavy atom. The van der Waals surface area contributed by atoms with Gasteiger partial charge in [-0.05, 0) is 61.4 Å². The van der Waals surface area contributed by atoms with Crippen LogP contribution in [0.3, 0.4) is 0 Å². The number of phenolic OH excluding ortho intramolecular Hbond substituents is 1. The third kappa shape index (κ3) is 10.1. The number of carboxylic acid groups (broad SMARTS) is 1. The molecule has 3 atom stereocenters. The summed E-state index contributed by atoms with van der Waals surface area (Å²) < 4.78 is 0. The molecule has 2 aromatic carbocycles. The minimum absolute atomic E-state index is 0.0129. The van der Waals surface area contributed by atoms with Crippen molar-refractivity contribution in [1.82, 2.24) is 10.2 Å². The van der Waals surface area contributed by atoms with Gasteiger partial charge in [0.15, 0.2) is 0 Å². The minimum atomic E-state index is -1.31. The fourth-order valence-electron chi connectivity index (χ4n) is 4.24. The third-order valence-corrected chi connectivity index (χ3v) is 6.27. The van der Waals surface area contributed by atoms with Crippen LogP contribution in [0.2, 0.25) is 0 Å². The van der Waals surface area contributed by atoms with Crippen LogP contribution in [0, 0.1) is 5.92 Å². The van der Waals surface area contributed by atoms with Crippen molar-refractivity contribution in [2.24, 2.45) is 17.4 Å². The monoisotopic (exact) mass is 540 g/mol. The number of nitrogens with one attached hydrogen (secondary N) is 1.